The Morgan fingerprint density at radius 2 is 1.85 bits per heavy atom. The number of rotatable bonds is 5. The highest BCUT2D eigenvalue weighted by molar-refractivity contribution is 7.14. The van der Waals surface area contributed by atoms with E-state index in [0.717, 1.165) is 23.5 Å². The second kappa shape index (κ2) is 6.20. The zero-order valence-corrected chi connectivity index (χ0v) is 12.8. The minimum absolute atomic E-state index is 0.418. The first-order valence-electron chi connectivity index (χ1n) is 6.52. The molecule has 106 valence electrons. The first-order chi connectivity index (χ1) is 9.45. The van der Waals surface area contributed by atoms with Crippen LogP contribution in [0.5, 0.6) is 0 Å². The minimum Gasteiger partial charge on any atom is -0.477 e. The number of carboxylic acids is 1. The molecule has 0 atom stereocenters. The Morgan fingerprint density at radius 3 is 2.40 bits per heavy atom. The van der Waals surface area contributed by atoms with Gasteiger partial charge in [0.1, 0.15) is 4.88 Å². The molecular formula is C16H19NO2S. The van der Waals surface area contributed by atoms with Gasteiger partial charge in [0.05, 0.1) is 0 Å². The molecular weight excluding hydrogens is 270 g/mol. The first kappa shape index (κ1) is 14.8. The lowest BCUT2D eigenvalue weighted by Crippen LogP contribution is -2.17. The Labute approximate surface area is 123 Å². The van der Waals surface area contributed by atoms with Gasteiger partial charge in [-0.15, -0.1) is 11.3 Å². The van der Waals surface area contributed by atoms with Crippen molar-refractivity contribution in [1.82, 2.24) is 4.90 Å². The van der Waals surface area contributed by atoms with Crippen LogP contribution in [0, 0.1) is 13.8 Å². The standard InChI is InChI=1S/C16H19NO2S/c1-11-4-6-13(7-5-11)9-17(3)10-14-8-15(16(18)19)20-12(14)2/h4-8H,9-10H2,1-3H3,(H,18,19). The molecule has 4 heteroatoms. The molecule has 2 rings (SSSR count). The van der Waals surface area contributed by atoms with Gasteiger partial charge >= 0.3 is 5.97 Å². The fraction of sp³-hybridized carbons (Fsp3) is 0.312. The van der Waals surface area contributed by atoms with E-state index in [9.17, 15) is 4.79 Å². The van der Waals surface area contributed by atoms with Crippen LogP contribution in [0.4, 0.5) is 0 Å². The second-order valence-corrected chi connectivity index (χ2v) is 6.41. The average Bonchev–Trinajstić information content (AvgIpc) is 2.74. The molecule has 0 bridgehead atoms. The van der Waals surface area contributed by atoms with Crippen LogP contribution >= 0.6 is 11.3 Å². The van der Waals surface area contributed by atoms with E-state index < -0.39 is 5.97 Å². The van der Waals surface area contributed by atoms with E-state index >= 15 is 0 Å². The molecule has 0 fully saturated rings. The van der Waals surface area contributed by atoms with Gasteiger partial charge in [-0.3, -0.25) is 4.90 Å². The van der Waals surface area contributed by atoms with Gasteiger partial charge in [-0.2, -0.15) is 0 Å². The van der Waals surface area contributed by atoms with Gasteiger partial charge in [0.2, 0.25) is 0 Å². The Morgan fingerprint density at radius 1 is 1.20 bits per heavy atom. The maximum atomic E-state index is 11.0. The lowest BCUT2D eigenvalue weighted by molar-refractivity contribution is 0.0702. The van der Waals surface area contributed by atoms with Crippen molar-refractivity contribution in [2.24, 2.45) is 0 Å². The number of aromatic carboxylic acids is 1. The maximum Gasteiger partial charge on any atom is 0.345 e. The van der Waals surface area contributed by atoms with E-state index in [1.165, 1.54) is 22.5 Å². The van der Waals surface area contributed by atoms with Gasteiger partial charge in [-0.25, -0.2) is 4.79 Å². The maximum absolute atomic E-state index is 11.0. The Bertz CT molecular complexity index is 601. The molecule has 0 saturated heterocycles. The van der Waals surface area contributed by atoms with Crippen LogP contribution in [-0.4, -0.2) is 23.0 Å². The lowest BCUT2D eigenvalue weighted by Gasteiger charge is -2.16. The molecule has 0 aliphatic heterocycles. The van der Waals surface area contributed by atoms with Crippen molar-refractivity contribution < 1.29 is 9.90 Å². The van der Waals surface area contributed by atoms with Gasteiger partial charge in [-0.1, -0.05) is 29.8 Å². The zero-order chi connectivity index (χ0) is 14.7. The summed E-state index contributed by atoms with van der Waals surface area (Å²) in [4.78, 5) is 14.7. The molecule has 1 aromatic heterocycles. The van der Waals surface area contributed by atoms with Gasteiger partial charge in [-0.05, 0) is 38.1 Å². The molecule has 20 heavy (non-hydrogen) atoms. The third-order valence-corrected chi connectivity index (χ3v) is 4.33. The smallest absolute Gasteiger partial charge is 0.345 e. The molecule has 0 radical (unpaired) electrons. The number of benzene rings is 1. The molecule has 0 aliphatic carbocycles. The number of carbonyl (C=O) groups is 1. The molecule has 2 aromatic rings. The van der Waals surface area contributed by atoms with Crippen molar-refractivity contribution in [3.8, 4) is 0 Å². The number of aryl methyl sites for hydroxylation is 2. The molecule has 3 nitrogen and oxygen atoms in total. The minimum atomic E-state index is -0.842. The van der Waals surface area contributed by atoms with Crippen molar-refractivity contribution in [3.63, 3.8) is 0 Å². The van der Waals surface area contributed by atoms with E-state index in [1.54, 1.807) is 6.07 Å². The van der Waals surface area contributed by atoms with Crippen LogP contribution in [-0.2, 0) is 13.1 Å². The fourth-order valence-electron chi connectivity index (χ4n) is 2.13. The monoisotopic (exact) mass is 289 g/mol. The van der Waals surface area contributed by atoms with Gasteiger partial charge < -0.3 is 5.11 Å². The van der Waals surface area contributed by atoms with Gasteiger partial charge in [0.15, 0.2) is 0 Å². The third kappa shape index (κ3) is 3.68. The highest BCUT2D eigenvalue weighted by Gasteiger charge is 2.12. The van der Waals surface area contributed by atoms with Crippen molar-refractivity contribution >= 4 is 17.3 Å². The summed E-state index contributed by atoms with van der Waals surface area (Å²) in [7, 11) is 2.05. The summed E-state index contributed by atoms with van der Waals surface area (Å²) in [5.74, 6) is -0.842. The van der Waals surface area contributed by atoms with Crippen LogP contribution in [0.1, 0.15) is 31.2 Å². The SMILES string of the molecule is Cc1ccc(CN(C)Cc2cc(C(=O)O)sc2C)cc1. The molecule has 0 amide bonds. The summed E-state index contributed by atoms with van der Waals surface area (Å²) < 4.78 is 0. The van der Waals surface area contributed by atoms with Gasteiger partial charge in [0.25, 0.3) is 0 Å². The number of thiophene rings is 1. The van der Waals surface area contributed by atoms with E-state index in [-0.39, 0.29) is 0 Å². The predicted molar refractivity (Wildman–Crippen MR) is 82.4 cm³/mol. The van der Waals surface area contributed by atoms with E-state index in [2.05, 4.69) is 43.1 Å². The lowest BCUT2D eigenvalue weighted by atomic mass is 10.1. The number of hydrogen-bond donors (Lipinski definition) is 1. The summed E-state index contributed by atoms with van der Waals surface area (Å²) in [6, 6.07) is 10.3. The summed E-state index contributed by atoms with van der Waals surface area (Å²) in [6.07, 6.45) is 0. The summed E-state index contributed by atoms with van der Waals surface area (Å²) in [5, 5.41) is 9.01. The van der Waals surface area contributed by atoms with Crippen LogP contribution in [0.25, 0.3) is 0 Å². The van der Waals surface area contributed by atoms with E-state index in [0.29, 0.717) is 4.88 Å². The van der Waals surface area contributed by atoms with Crippen LogP contribution in [0.15, 0.2) is 30.3 Å². The number of nitrogens with zero attached hydrogens (tertiary/aromatic N) is 1. The van der Waals surface area contributed by atoms with Crippen LogP contribution < -0.4 is 0 Å². The molecule has 1 N–H and O–H groups in total. The predicted octanol–water partition coefficient (Wildman–Crippen LogP) is 3.70. The third-order valence-electron chi connectivity index (χ3n) is 3.24. The molecule has 0 saturated carbocycles. The molecule has 1 aromatic carbocycles. The summed E-state index contributed by atoms with van der Waals surface area (Å²) in [6.45, 7) is 5.68. The van der Waals surface area contributed by atoms with Crippen molar-refractivity contribution in [2.45, 2.75) is 26.9 Å². The Balaban J connectivity index is 2.02. The van der Waals surface area contributed by atoms with E-state index in [1.807, 2.05) is 6.92 Å². The van der Waals surface area contributed by atoms with Gasteiger partial charge in [0, 0.05) is 18.0 Å². The van der Waals surface area contributed by atoms with Crippen LogP contribution in [0.3, 0.4) is 0 Å². The molecule has 0 spiro atoms. The number of carboxylic acid groups (broad SMARTS) is 1. The average molecular weight is 289 g/mol. The van der Waals surface area contributed by atoms with E-state index in [4.69, 9.17) is 5.11 Å². The topological polar surface area (TPSA) is 40.5 Å². The molecule has 0 unspecified atom stereocenters. The summed E-state index contributed by atoms with van der Waals surface area (Å²) in [5.41, 5.74) is 3.63. The molecule has 1 heterocycles. The molecule has 0 aliphatic rings. The first-order valence-corrected chi connectivity index (χ1v) is 7.34. The highest BCUT2D eigenvalue weighted by atomic mass is 32.1. The quantitative estimate of drug-likeness (QED) is 0.912. The van der Waals surface area contributed by atoms with Crippen molar-refractivity contribution in [1.29, 1.82) is 0 Å². The zero-order valence-electron chi connectivity index (χ0n) is 12.0. The second-order valence-electron chi connectivity index (χ2n) is 5.16. The Kier molecular flexibility index (Phi) is 4.57. The highest BCUT2D eigenvalue weighted by Crippen LogP contribution is 2.23. The Hall–Kier alpha value is -1.65. The number of hydrogen-bond acceptors (Lipinski definition) is 3. The largest absolute Gasteiger partial charge is 0.477 e. The normalized spacial score (nSPS) is 11.0. The fourth-order valence-corrected chi connectivity index (χ4v) is 3.01. The van der Waals surface area contributed by atoms with Crippen molar-refractivity contribution in [3.05, 3.63) is 56.8 Å². The summed E-state index contributed by atoms with van der Waals surface area (Å²) >= 11 is 1.35. The van der Waals surface area contributed by atoms with Crippen molar-refractivity contribution in [2.75, 3.05) is 7.05 Å². The van der Waals surface area contributed by atoms with Crippen LogP contribution in [0.2, 0.25) is 0 Å².